The number of carbonyl (C=O) groups is 1. The molecule has 4 heteroatoms. The molecule has 1 aliphatic carbocycles. The Bertz CT molecular complexity index is 667. The standard InChI is InChI=1S/C16H13BrClNO/c17-13-6-1-2-7-14(13)19-15(20)16(8-9-16)11-4-3-5-12(18)10-11/h1-7,10H,8-9H2,(H,19,20). The number of carbonyl (C=O) groups excluding carboxylic acids is 1. The molecule has 1 fully saturated rings. The Hall–Kier alpha value is -1.32. The molecule has 0 aromatic heterocycles. The van der Waals surface area contributed by atoms with Crippen LogP contribution in [0.4, 0.5) is 5.69 Å². The van der Waals surface area contributed by atoms with Crippen LogP contribution in [0.3, 0.4) is 0 Å². The van der Waals surface area contributed by atoms with Crippen LogP contribution in [0.1, 0.15) is 18.4 Å². The van der Waals surface area contributed by atoms with Crippen molar-refractivity contribution in [1.82, 2.24) is 0 Å². The van der Waals surface area contributed by atoms with E-state index in [-0.39, 0.29) is 5.91 Å². The van der Waals surface area contributed by atoms with E-state index < -0.39 is 5.41 Å². The lowest BCUT2D eigenvalue weighted by molar-refractivity contribution is -0.118. The largest absolute Gasteiger partial charge is 0.324 e. The van der Waals surface area contributed by atoms with Gasteiger partial charge in [-0.1, -0.05) is 35.9 Å². The summed E-state index contributed by atoms with van der Waals surface area (Å²) < 4.78 is 0.884. The van der Waals surface area contributed by atoms with E-state index >= 15 is 0 Å². The number of anilines is 1. The van der Waals surface area contributed by atoms with Gasteiger partial charge in [0.05, 0.1) is 11.1 Å². The highest BCUT2D eigenvalue weighted by atomic mass is 79.9. The minimum absolute atomic E-state index is 0.0340. The average molecular weight is 351 g/mol. The molecule has 0 saturated heterocycles. The Balaban J connectivity index is 1.86. The first-order chi connectivity index (χ1) is 9.62. The van der Waals surface area contributed by atoms with Crippen LogP contribution in [-0.2, 0) is 10.2 Å². The summed E-state index contributed by atoms with van der Waals surface area (Å²) in [6.45, 7) is 0. The van der Waals surface area contributed by atoms with Crippen molar-refractivity contribution in [1.29, 1.82) is 0 Å². The van der Waals surface area contributed by atoms with Crippen LogP contribution in [0.25, 0.3) is 0 Å². The quantitative estimate of drug-likeness (QED) is 0.848. The number of benzene rings is 2. The van der Waals surface area contributed by atoms with E-state index in [2.05, 4.69) is 21.2 Å². The number of halogens is 2. The Morgan fingerprint density at radius 3 is 2.55 bits per heavy atom. The van der Waals surface area contributed by atoms with Gasteiger partial charge in [-0.25, -0.2) is 0 Å². The fraction of sp³-hybridized carbons (Fsp3) is 0.188. The highest BCUT2D eigenvalue weighted by Gasteiger charge is 2.51. The molecule has 0 atom stereocenters. The molecule has 102 valence electrons. The smallest absolute Gasteiger partial charge is 0.235 e. The molecule has 0 spiro atoms. The summed E-state index contributed by atoms with van der Waals surface area (Å²) in [4.78, 5) is 12.6. The fourth-order valence-corrected chi connectivity index (χ4v) is 2.94. The zero-order chi connectivity index (χ0) is 14.2. The van der Waals surface area contributed by atoms with Gasteiger partial charge in [0.25, 0.3) is 0 Å². The summed E-state index contributed by atoms with van der Waals surface area (Å²) in [6.07, 6.45) is 1.73. The first-order valence-electron chi connectivity index (χ1n) is 6.44. The first kappa shape index (κ1) is 13.7. The third-order valence-electron chi connectivity index (χ3n) is 3.68. The zero-order valence-electron chi connectivity index (χ0n) is 10.7. The van der Waals surface area contributed by atoms with Gasteiger partial charge < -0.3 is 5.32 Å². The number of amides is 1. The second-order valence-electron chi connectivity index (χ2n) is 5.03. The summed E-state index contributed by atoms with van der Waals surface area (Å²) in [5, 5.41) is 3.67. The Morgan fingerprint density at radius 2 is 1.90 bits per heavy atom. The van der Waals surface area contributed by atoms with Crippen molar-refractivity contribution in [3.8, 4) is 0 Å². The molecular formula is C16H13BrClNO. The van der Waals surface area contributed by atoms with Crippen molar-refractivity contribution in [2.24, 2.45) is 0 Å². The molecule has 0 radical (unpaired) electrons. The second kappa shape index (κ2) is 5.23. The van der Waals surface area contributed by atoms with Crippen molar-refractivity contribution in [3.63, 3.8) is 0 Å². The number of hydrogen-bond donors (Lipinski definition) is 1. The van der Waals surface area contributed by atoms with Gasteiger partial charge in [0.15, 0.2) is 0 Å². The SMILES string of the molecule is O=C(Nc1ccccc1Br)C1(c2cccc(Cl)c2)CC1. The van der Waals surface area contributed by atoms with Crippen LogP contribution in [-0.4, -0.2) is 5.91 Å². The van der Waals surface area contributed by atoms with E-state index in [0.29, 0.717) is 5.02 Å². The third kappa shape index (κ3) is 2.48. The number of hydrogen-bond acceptors (Lipinski definition) is 1. The van der Waals surface area contributed by atoms with Crippen molar-refractivity contribution >= 4 is 39.1 Å². The van der Waals surface area contributed by atoms with E-state index in [4.69, 9.17) is 11.6 Å². The van der Waals surface area contributed by atoms with Crippen LogP contribution >= 0.6 is 27.5 Å². The maximum absolute atomic E-state index is 12.6. The van der Waals surface area contributed by atoms with E-state index in [0.717, 1.165) is 28.6 Å². The van der Waals surface area contributed by atoms with Crippen molar-refractivity contribution in [2.45, 2.75) is 18.3 Å². The molecule has 0 bridgehead atoms. The summed E-state index contributed by atoms with van der Waals surface area (Å²) in [5.41, 5.74) is 1.38. The lowest BCUT2D eigenvalue weighted by atomic mass is 9.95. The van der Waals surface area contributed by atoms with Gasteiger partial charge in [0.1, 0.15) is 0 Å². The first-order valence-corrected chi connectivity index (χ1v) is 7.61. The predicted octanol–water partition coefficient (Wildman–Crippen LogP) is 4.77. The Morgan fingerprint density at radius 1 is 1.15 bits per heavy atom. The predicted molar refractivity (Wildman–Crippen MR) is 85.1 cm³/mol. The molecule has 1 aliphatic rings. The molecule has 0 aliphatic heterocycles. The minimum atomic E-state index is -0.416. The summed E-state index contributed by atoms with van der Waals surface area (Å²) in [6, 6.07) is 15.2. The van der Waals surface area contributed by atoms with E-state index in [1.807, 2.05) is 48.5 Å². The molecule has 0 heterocycles. The second-order valence-corrected chi connectivity index (χ2v) is 6.32. The van der Waals surface area contributed by atoms with Gasteiger partial charge in [-0.15, -0.1) is 0 Å². The minimum Gasteiger partial charge on any atom is -0.324 e. The van der Waals surface area contributed by atoms with Crippen LogP contribution in [0.15, 0.2) is 53.0 Å². The van der Waals surface area contributed by atoms with Gasteiger partial charge in [-0.2, -0.15) is 0 Å². The van der Waals surface area contributed by atoms with E-state index in [9.17, 15) is 4.79 Å². The number of para-hydroxylation sites is 1. The normalized spacial score (nSPS) is 15.7. The van der Waals surface area contributed by atoms with Crippen LogP contribution < -0.4 is 5.32 Å². The van der Waals surface area contributed by atoms with Gasteiger partial charge in [0.2, 0.25) is 5.91 Å². The van der Waals surface area contributed by atoms with E-state index in [1.165, 1.54) is 0 Å². The van der Waals surface area contributed by atoms with Crippen LogP contribution in [0, 0.1) is 0 Å². The highest BCUT2D eigenvalue weighted by Crippen LogP contribution is 2.49. The number of rotatable bonds is 3. The van der Waals surface area contributed by atoms with Crippen LogP contribution in [0.5, 0.6) is 0 Å². The average Bonchev–Trinajstić information content (AvgIpc) is 3.23. The summed E-state index contributed by atoms with van der Waals surface area (Å²) in [5.74, 6) is 0.0340. The van der Waals surface area contributed by atoms with Gasteiger partial charge in [-0.05, 0) is 58.6 Å². The lowest BCUT2D eigenvalue weighted by Gasteiger charge is -2.16. The van der Waals surface area contributed by atoms with Crippen molar-refractivity contribution in [3.05, 3.63) is 63.6 Å². The highest BCUT2D eigenvalue weighted by molar-refractivity contribution is 9.10. The topological polar surface area (TPSA) is 29.1 Å². The summed E-state index contributed by atoms with van der Waals surface area (Å²) >= 11 is 9.47. The third-order valence-corrected chi connectivity index (χ3v) is 4.61. The molecule has 2 aromatic carbocycles. The molecule has 2 aromatic rings. The van der Waals surface area contributed by atoms with Crippen LogP contribution in [0.2, 0.25) is 5.02 Å². The van der Waals surface area contributed by atoms with Crippen molar-refractivity contribution < 1.29 is 4.79 Å². The maximum atomic E-state index is 12.6. The molecular weight excluding hydrogens is 338 g/mol. The fourth-order valence-electron chi connectivity index (χ4n) is 2.36. The number of nitrogens with one attached hydrogen (secondary N) is 1. The Kier molecular flexibility index (Phi) is 3.57. The molecule has 2 nitrogen and oxygen atoms in total. The molecule has 20 heavy (non-hydrogen) atoms. The molecule has 1 amide bonds. The zero-order valence-corrected chi connectivity index (χ0v) is 13.0. The Labute approximate surface area is 131 Å². The molecule has 3 rings (SSSR count). The van der Waals surface area contributed by atoms with E-state index in [1.54, 1.807) is 0 Å². The maximum Gasteiger partial charge on any atom is 0.235 e. The monoisotopic (exact) mass is 349 g/mol. The van der Waals surface area contributed by atoms with Crippen molar-refractivity contribution in [2.75, 3.05) is 5.32 Å². The van der Waals surface area contributed by atoms with Gasteiger partial charge >= 0.3 is 0 Å². The molecule has 1 N–H and O–H groups in total. The van der Waals surface area contributed by atoms with Gasteiger partial charge in [-0.3, -0.25) is 4.79 Å². The molecule has 0 unspecified atom stereocenters. The summed E-state index contributed by atoms with van der Waals surface area (Å²) in [7, 11) is 0. The van der Waals surface area contributed by atoms with Gasteiger partial charge in [0, 0.05) is 9.50 Å². The lowest BCUT2D eigenvalue weighted by Crippen LogP contribution is -2.27. The molecule has 1 saturated carbocycles.